The van der Waals surface area contributed by atoms with Gasteiger partial charge in [0.25, 0.3) is 0 Å². The molecular weight excluding hydrogens is 277 g/mol. The second kappa shape index (κ2) is 4.93. The highest BCUT2D eigenvalue weighted by atomic mass is 127. The minimum absolute atomic E-state index is 0.349. The van der Waals surface area contributed by atoms with Crippen molar-refractivity contribution >= 4 is 22.6 Å². The zero-order chi connectivity index (χ0) is 9.84. The van der Waals surface area contributed by atoms with Crippen LogP contribution in [0.2, 0.25) is 0 Å². The number of hydrogen-bond acceptors (Lipinski definition) is 1. The number of rotatable bonds is 3. The van der Waals surface area contributed by atoms with Crippen LogP contribution in [0.5, 0.6) is 0 Å². The number of aliphatic hydroxyl groups is 1. The molecule has 1 aromatic rings. The van der Waals surface area contributed by atoms with Crippen LogP contribution in [-0.2, 0) is 0 Å². The van der Waals surface area contributed by atoms with Crippen molar-refractivity contribution in [2.75, 3.05) is 20.6 Å². The van der Waals surface area contributed by atoms with E-state index in [1.54, 1.807) is 0 Å². The predicted octanol–water partition coefficient (Wildman–Crippen LogP) is 0.469. The third kappa shape index (κ3) is 3.25. The summed E-state index contributed by atoms with van der Waals surface area (Å²) in [6, 6.07) is 7.95. The van der Waals surface area contributed by atoms with Crippen LogP contribution >= 0.6 is 22.6 Å². The molecule has 0 aliphatic carbocycles. The Kier molecular flexibility index (Phi) is 4.15. The van der Waals surface area contributed by atoms with Gasteiger partial charge in [0, 0.05) is 3.57 Å². The molecule has 0 fully saturated rings. The van der Waals surface area contributed by atoms with Gasteiger partial charge < -0.3 is 10.0 Å². The summed E-state index contributed by atoms with van der Waals surface area (Å²) in [5.41, 5.74) is 1.03. The van der Waals surface area contributed by atoms with Gasteiger partial charge >= 0.3 is 0 Å². The summed E-state index contributed by atoms with van der Waals surface area (Å²) in [4.78, 5) is 1.26. The lowest BCUT2D eigenvalue weighted by atomic mass is 10.1. The molecule has 13 heavy (non-hydrogen) atoms. The molecular formula is C10H15INO+. The predicted molar refractivity (Wildman–Crippen MR) is 61.8 cm³/mol. The molecule has 0 aromatic heterocycles. The first-order valence-corrected chi connectivity index (χ1v) is 5.40. The number of likely N-dealkylation sites (N-methyl/N-ethyl adjacent to an activating group) is 1. The Morgan fingerprint density at radius 2 is 2.00 bits per heavy atom. The molecule has 1 rings (SSSR count). The second-order valence-corrected chi connectivity index (χ2v) is 4.61. The quantitative estimate of drug-likeness (QED) is 0.778. The topological polar surface area (TPSA) is 24.7 Å². The van der Waals surface area contributed by atoms with Crippen LogP contribution in [0.25, 0.3) is 0 Å². The molecule has 3 heteroatoms. The van der Waals surface area contributed by atoms with E-state index in [1.807, 2.05) is 38.4 Å². The van der Waals surface area contributed by atoms with Crippen LogP contribution in [-0.4, -0.2) is 25.7 Å². The molecule has 0 heterocycles. The molecule has 0 bridgehead atoms. The second-order valence-electron chi connectivity index (χ2n) is 3.45. The van der Waals surface area contributed by atoms with Gasteiger partial charge in [-0.1, -0.05) is 18.2 Å². The molecule has 0 unspecified atom stereocenters. The number of hydrogen-bond donors (Lipinski definition) is 2. The molecule has 2 nitrogen and oxygen atoms in total. The van der Waals surface area contributed by atoms with Gasteiger partial charge in [0.1, 0.15) is 12.6 Å². The average molecular weight is 292 g/mol. The Bertz CT molecular complexity index is 275. The van der Waals surface area contributed by atoms with Gasteiger partial charge in [-0.3, -0.25) is 0 Å². The van der Waals surface area contributed by atoms with E-state index in [0.29, 0.717) is 0 Å². The summed E-state index contributed by atoms with van der Waals surface area (Å²) in [7, 11) is 4.08. The van der Waals surface area contributed by atoms with Crippen molar-refractivity contribution in [3.05, 3.63) is 33.4 Å². The molecule has 0 spiro atoms. The SMILES string of the molecule is C[NH+](C)C[C@@H](O)c1ccccc1I. The van der Waals surface area contributed by atoms with Crippen molar-refractivity contribution in [1.82, 2.24) is 0 Å². The lowest BCUT2D eigenvalue weighted by Crippen LogP contribution is -3.06. The fraction of sp³-hybridized carbons (Fsp3) is 0.400. The van der Waals surface area contributed by atoms with Crippen molar-refractivity contribution in [1.29, 1.82) is 0 Å². The van der Waals surface area contributed by atoms with E-state index in [2.05, 4.69) is 22.6 Å². The maximum Gasteiger partial charge on any atom is 0.129 e. The molecule has 0 amide bonds. The summed E-state index contributed by atoms with van der Waals surface area (Å²) in [6.07, 6.45) is -0.349. The van der Waals surface area contributed by atoms with Gasteiger partial charge in [0.05, 0.1) is 14.1 Å². The summed E-state index contributed by atoms with van der Waals surface area (Å²) >= 11 is 2.25. The Balaban J connectivity index is 2.76. The normalized spacial score (nSPS) is 13.3. The van der Waals surface area contributed by atoms with E-state index in [9.17, 15) is 5.11 Å². The number of benzene rings is 1. The highest BCUT2D eigenvalue weighted by Gasteiger charge is 2.13. The van der Waals surface area contributed by atoms with Crippen molar-refractivity contribution in [2.24, 2.45) is 0 Å². The summed E-state index contributed by atoms with van der Waals surface area (Å²) in [5.74, 6) is 0. The standard InChI is InChI=1S/C10H14INO/c1-12(2)7-10(13)8-5-3-4-6-9(8)11/h3-6,10,13H,7H2,1-2H3/p+1/t10-/m1/s1. The van der Waals surface area contributed by atoms with Crippen LogP contribution in [0.1, 0.15) is 11.7 Å². The van der Waals surface area contributed by atoms with E-state index < -0.39 is 0 Å². The van der Waals surface area contributed by atoms with E-state index in [-0.39, 0.29) is 6.10 Å². The summed E-state index contributed by atoms with van der Waals surface area (Å²) < 4.78 is 1.13. The largest absolute Gasteiger partial charge is 0.382 e. The lowest BCUT2D eigenvalue weighted by Gasteiger charge is -2.14. The molecule has 1 atom stereocenters. The van der Waals surface area contributed by atoms with Crippen molar-refractivity contribution in [3.8, 4) is 0 Å². The van der Waals surface area contributed by atoms with Gasteiger partial charge in [-0.15, -0.1) is 0 Å². The molecule has 0 radical (unpaired) electrons. The molecule has 0 aliphatic heterocycles. The monoisotopic (exact) mass is 292 g/mol. The molecule has 0 aliphatic rings. The molecule has 1 aromatic carbocycles. The van der Waals surface area contributed by atoms with Crippen LogP contribution < -0.4 is 4.90 Å². The fourth-order valence-corrected chi connectivity index (χ4v) is 1.99. The first-order valence-electron chi connectivity index (χ1n) is 4.33. The maximum absolute atomic E-state index is 9.85. The zero-order valence-electron chi connectivity index (χ0n) is 7.92. The highest BCUT2D eigenvalue weighted by molar-refractivity contribution is 14.1. The number of quaternary nitrogens is 1. The van der Waals surface area contributed by atoms with Crippen LogP contribution in [0.3, 0.4) is 0 Å². The van der Waals surface area contributed by atoms with Gasteiger partial charge in [0.2, 0.25) is 0 Å². The van der Waals surface area contributed by atoms with Crippen molar-refractivity contribution in [3.63, 3.8) is 0 Å². The summed E-state index contributed by atoms with van der Waals surface area (Å²) in [6.45, 7) is 0.750. The minimum atomic E-state index is -0.349. The van der Waals surface area contributed by atoms with Gasteiger partial charge in [0.15, 0.2) is 0 Å². The Morgan fingerprint density at radius 1 is 1.38 bits per heavy atom. The average Bonchev–Trinajstić information content (AvgIpc) is 2.03. The smallest absolute Gasteiger partial charge is 0.129 e. The zero-order valence-corrected chi connectivity index (χ0v) is 10.1. The van der Waals surface area contributed by atoms with Crippen LogP contribution in [0.4, 0.5) is 0 Å². The van der Waals surface area contributed by atoms with Crippen LogP contribution in [0, 0.1) is 3.57 Å². The maximum atomic E-state index is 9.85. The third-order valence-corrected chi connectivity index (χ3v) is 2.85. The molecule has 2 N–H and O–H groups in total. The minimum Gasteiger partial charge on any atom is -0.382 e. The number of nitrogens with one attached hydrogen (secondary N) is 1. The van der Waals surface area contributed by atoms with Gasteiger partial charge in [-0.05, 0) is 34.2 Å². The lowest BCUT2D eigenvalue weighted by molar-refractivity contribution is -0.862. The third-order valence-electron chi connectivity index (χ3n) is 1.87. The highest BCUT2D eigenvalue weighted by Crippen LogP contribution is 2.18. The van der Waals surface area contributed by atoms with E-state index >= 15 is 0 Å². The van der Waals surface area contributed by atoms with Crippen LogP contribution in [0.15, 0.2) is 24.3 Å². The Labute approximate surface area is 92.7 Å². The number of aliphatic hydroxyl groups excluding tert-OH is 1. The molecule has 0 saturated heterocycles. The first kappa shape index (κ1) is 10.9. The first-order chi connectivity index (χ1) is 6.11. The van der Waals surface area contributed by atoms with Gasteiger partial charge in [-0.2, -0.15) is 0 Å². The summed E-state index contributed by atoms with van der Waals surface area (Å²) in [5, 5.41) is 9.85. The molecule has 0 saturated carbocycles. The van der Waals surface area contributed by atoms with Crippen molar-refractivity contribution < 1.29 is 10.0 Å². The fourth-order valence-electron chi connectivity index (χ4n) is 1.24. The Hall–Kier alpha value is -0.130. The van der Waals surface area contributed by atoms with E-state index in [4.69, 9.17) is 0 Å². The Morgan fingerprint density at radius 3 is 2.54 bits per heavy atom. The van der Waals surface area contributed by atoms with E-state index in [0.717, 1.165) is 15.7 Å². The number of halogens is 1. The molecule has 72 valence electrons. The van der Waals surface area contributed by atoms with Crippen molar-refractivity contribution in [2.45, 2.75) is 6.10 Å². The van der Waals surface area contributed by atoms with E-state index in [1.165, 1.54) is 4.90 Å². The van der Waals surface area contributed by atoms with Gasteiger partial charge in [-0.25, -0.2) is 0 Å².